The van der Waals surface area contributed by atoms with Gasteiger partial charge in [0.25, 0.3) is 0 Å². The van der Waals surface area contributed by atoms with E-state index in [-0.39, 0.29) is 35.5 Å². The molecule has 9 nitrogen and oxygen atoms in total. The van der Waals surface area contributed by atoms with E-state index in [1.165, 1.54) is 6.07 Å². The number of aromatic nitrogens is 3. The van der Waals surface area contributed by atoms with Crippen LogP contribution < -0.4 is 21.3 Å². The van der Waals surface area contributed by atoms with Gasteiger partial charge in [0.15, 0.2) is 0 Å². The number of allylic oxidation sites excluding steroid dienone is 1. The molecule has 3 heterocycles. The number of carbonyl (C=O) groups is 1. The van der Waals surface area contributed by atoms with E-state index in [2.05, 4.69) is 48.2 Å². The molecule has 202 valence electrons. The Hall–Kier alpha value is -3.70. The van der Waals surface area contributed by atoms with Crippen LogP contribution >= 0.6 is 11.9 Å². The Morgan fingerprint density at radius 2 is 1.95 bits per heavy atom. The number of anilines is 4. The normalized spacial score (nSPS) is 24.2. The second-order valence-corrected chi connectivity index (χ2v) is 11.0. The second-order valence-electron chi connectivity index (χ2n) is 10.1. The standard InChI is InChI=1S/C28H31FN8OS/c1-39-37-11-9-36(10-12-37)23-7-6-20(14-22(23)29)33-28-32-16-21(19-3-2-8-31-15-19)27(35-28)34-25-18-5-4-17(13-18)24(25)26(30)38/h2-8,14-18,24-25H,9-13H2,1H3,(H2,30,38)(H2,32,33,34,35). The second kappa shape index (κ2) is 10.8. The molecule has 2 bridgehead atoms. The van der Waals surface area contributed by atoms with E-state index in [1.807, 2.05) is 18.2 Å². The minimum atomic E-state index is -0.315. The molecule has 4 N–H and O–H groups in total. The molecule has 1 aromatic carbocycles. The minimum absolute atomic E-state index is 0.136. The van der Waals surface area contributed by atoms with Gasteiger partial charge < -0.3 is 21.3 Å². The number of fused-ring (bicyclic) bond motifs is 2. The molecular formula is C28H31FN8OS. The van der Waals surface area contributed by atoms with E-state index in [0.717, 1.165) is 43.7 Å². The summed E-state index contributed by atoms with van der Waals surface area (Å²) in [7, 11) is 0. The van der Waals surface area contributed by atoms with Gasteiger partial charge in [-0.05, 0) is 48.8 Å². The van der Waals surface area contributed by atoms with Crippen LogP contribution in [0.25, 0.3) is 11.1 Å². The predicted octanol–water partition coefficient (Wildman–Crippen LogP) is 3.91. The van der Waals surface area contributed by atoms with Crippen molar-refractivity contribution in [2.75, 3.05) is 48.0 Å². The molecule has 1 aliphatic heterocycles. The first-order valence-corrected chi connectivity index (χ1v) is 14.3. The first-order valence-electron chi connectivity index (χ1n) is 13.1. The Labute approximate surface area is 231 Å². The quantitative estimate of drug-likeness (QED) is 0.286. The van der Waals surface area contributed by atoms with Crippen LogP contribution in [0.15, 0.2) is 61.1 Å². The van der Waals surface area contributed by atoms with Gasteiger partial charge in [-0.25, -0.2) is 13.7 Å². The van der Waals surface area contributed by atoms with Gasteiger partial charge in [-0.3, -0.25) is 9.78 Å². The van der Waals surface area contributed by atoms with Crippen molar-refractivity contribution in [3.8, 4) is 11.1 Å². The van der Waals surface area contributed by atoms with Crippen molar-refractivity contribution in [2.24, 2.45) is 23.5 Å². The van der Waals surface area contributed by atoms with Gasteiger partial charge in [-0.1, -0.05) is 30.2 Å². The lowest BCUT2D eigenvalue weighted by molar-refractivity contribution is -0.122. The Balaban J connectivity index is 1.26. The highest BCUT2D eigenvalue weighted by atomic mass is 32.2. The number of piperazine rings is 1. The van der Waals surface area contributed by atoms with Crippen molar-refractivity contribution in [3.63, 3.8) is 0 Å². The zero-order valence-corrected chi connectivity index (χ0v) is 22.4. The van der Waals surface area contributed by atoms with E-state index in [0.29, 0.717) is 23.1 Å². The van der Waals surface area contributed by atoms with Gasteiger partial charge in [-0.2, -0.15) is 4.98 Å². The molecule has 3 aromatic rings. The van der Waals surface area contributed by atoms with E-state index in [4.69, 9.17) is 10.7 Å². The maximum atomic E-state index is 15.1. The third-order valence-electron chi connectivity index (χ3n) is 7.89. The molecule has 2 fully saturated rings. The number of pyridine rings is 1. The van der Waals surface area contributed by atoms with Crippen molar-refractivity contribution in [3.05, 3.63) is 66.9 Å². The molecule has 3 aliphatic rings. The Morgan fingerprint density at radius 3 is 2.67 bits per heavy atom. The van der Waals surface area contributed by atoms with Crippen LogP contribution in [0, 0.1) is 23.6 Å². The Kier molecular flexibility index (Phi) is 7.09. The highest BCUT2D eigenvalue weighted by Gasteiger charge is 2.47. The molecule has 39 heavy (non-hydrogen) atoms. The highest BCUT2D eigenvalue weighted by Crippen LogP contribution is 2.45. The summed E-state index contributed by atoms with van der Waals surface area (Å²) in [5, 5.41) is 6.66. The van der Waals surface area contributed by atoms with Gasteiger partial charge in [0, 0.05) is 67.6 Å². The number of nitrogens with one attached hydrogen (secondary N) is 2. The van der Waals surface area contributed by atoms with Crippen LogP contribution in [0.3, 0.4) is 0 Å². The number of amides is 1. The predicted molar refractivity (Wildman–Crippen MR) is 153 cm³/mol. The van der Waals surface area contributed by atoms with E-state index >= 15 is 4.39 Å². The highest BCUT2D eigenvalue weighted by molar-refractivity contribution is 7.96. The molecule has 2 aromatic heterocycles. The van der Waals surface area contributed by atoms with Crippen LogP contribution in [0.4, 0.5) is 27.5 Å². The maximum Gasteiger partial charge on any atom is 0.229 e. The van der Waals surface area contributed by atoms with Crippen molar-refractivity contribution >= 4 is 41.0 Å². The summed E-state index contributed by atoms with van der Waals surface area (Å²) in [4.78, 5) is 27.9. The van der Waals surface area contributed by atoms with Crippen molar-refractivity contribution in [2.45, 2.75) is 12.5 Å². The molecule has 4 unspecified atom stereocenters. The SMILES string of the molecule is CSN1CCN(c2ccc(Nc3ncc(-c4cccnc4)c(NC4C5C=CC(C5)C4C(N)=O)n3)cc2F)CC1. The molecule has 6 rings (SSSR count). The van der Waals surface area contributed by atoms with Crippen LogP contribution in [-0.4, -0.2) is 63.6 Å². The largest absolute Gasteiger partial charge is 0.369 e. The van der Waals surface area contributed by atoms with Crippen LogP contribution in [-0.2, 0) is 4.79 Å². The average Bonchev–Trinajstić information content (AvgIpc) is 3.56. The average molecular weight is 547 g/mol. The number of nitrogens with zero attached hydrogens (tertiary/aromatic N) is 5. The molecule has 4 atom stereocenters. The number of nitrogens with two attached hydrogens (primary N) is 1. The summed E-state index contributed by atoms with van der Waals surface area (Å²) in [6.45, 7) is 3.34. The molecule has 1 amide bonds. The summed E-state index contributed by atoms with van der Waals surface area (Å²) in [5.74, 6) is 0.303. The summed E-state index contributed by atoms with van der Waals surface area (Å²) >= 11 is 1.72. The topological polar surface area (TPSA) is 112 Å². The first-order chi connectivity index (χ1) is 19.0. The molecule has 1 saturated carbocycles. The Morgan fingerprint density at radius 1 is 1.13 bits per heavy atom. The number of hydrogen-bond donors (Lipinski definition) is 3. The number of halogens is 1. The third kappa shape index (κ3) is 5.16. The van der Waals surface area contributed by atoms with Gasteiger partial charge in [0.05, 0.1) is 11.6 Å². The van der Waals surface area contributed by atoms with Crippen molar-refractivity contribution in [1.29, 1.82) is 0 Å². The number of benzene rings is 1. The summed E-state index contributed by atoms with van der Waals surface area (Å²) in [6.07, 6.45) is 12.4. The van der Waals surface area contributed by atoms with Gasteiger partial charge in [0.2, 0.25) is 11.9 Å². The van der Waals surface area contributed by atoms with E-state index < -0.39 is 0 Å². The zero-order valence-electron chi connectivity index (χ0n) is 21.6. The van der Waals surface area contributed by atoms with Gasteiger partial charge >= 0.3 is 0 Å². The Bertz CT molecular complexity index is 1380. The lowest BCUT2D eigenvalue weighted by Gasteiger charge is -2.34. The van der Waals surface area contributed by atoms with Crippen molar-refractivity contribution < 1.29 is 9.18 Å². The molecule has 11 heteroatoms. The molecule has 1 saturated heterocycles. The summed E-state index contributed by atoms with van der Waals surface area (Å²) in [5.41, 5.74) is 8.55. The smallest absolute Gasteiger partial charge is 0.229 e. The fourth-order valence-electron chi connectivity index (χ4n) is 5.93. The molecular weight excluding hydrogens is 515 g/mol. The summed E-state index contributed by atoms with van der Waals surface area (Å²) < 4.78 is 17.4. The van der Waals surface area contributed by atoms with Crippen LogP contribution in [0.5, 0.6) is 0 Å². The van der Waals surface area contributed by atoms with Crippen LogP contribution in [0.1, 0.15) is 6.42 Å². The monoisotopic (exact) mass is 546 g/mol. The molecule has 2 aliphatic carbocycles. The number of rotatable bonds is 8. The lowest BCUT2D eigenvalue weighted by atomic mass is 9.88. The van der Waals surface area contributed by atoms with E-state index in [9.17, 15) is 4.79 Å². The number of primary amides is 1. The van der Waals surface area contributed by atoms with Crippen molar-refractivity contribution in [1.82, 2.24) is 19.3 Å². The van der Waals surface area contributed by atoms with Gasteiger partial charge in [-0.15, -0.1) is 0 Å². The molecule has 0 spiro atoms. The zero-order chi connectivity index (χ0) is 26.9. The van der Waals surface area contributed by atoms with Gasteiger partial charge in [0.1, 0.15) is 11.6 Å². The number of carbonyl (C=O) groups excluding carboxylic acids is 1. The van der Waals surface area contributed by atoms with E-state index in [1.54, 1.807) is 36.6 Å². The minimum Gasteiger partial charge on any atom is -0.369 e. The fourth-order valence-corrected chi connectivity index (χ4v) is 6.46. The lowest BCUT2D eigenvalue weighted by Crippen LogP contribution is -2.43. The fraction of sp³-hybridized carbons (Fsp3) is 0.357. The first kappa shape index (κ1) is 25.6. The maximum absolute atomic E-state index is 15.1. The molecule has 0 radical (unpaired) electrons. The number of hydrogen-bond acceptors (Lipinski definition) is 9. The third-order valence-corrected chi connectivity index (χ3v) is 8.78. The summed E-state index contributed by atoms with van der Waals surface area (Å²) in [6, 6.07) is 8.74. The van der Waals surface area contributed by atoms with Crippen LogP contribution in [0.2, 0.25) is 0 Å².